The van der Waals surface area contributed by atoms with Crippen molar-refractivity contribution in [3.05, 3.63) is 48.2 Å². The normalized spacial score (nSPS) is 14.8. The Kier molecular flexibility index (Phi) is 5.28. The predicted octanol–water partition coefficient (Wildman–Crippen LogP) is 3.61. The predicted molar refractivity (Wildman–Crippen MR) is 98.1 cm³/mol. The number of aromatic nitrogens is 2. The van der Waals surface area contributed by atoms with Crippen molar-refractivity contribution in [3.63, 3.8) is 0 Å². The second-order valence-corrected chi connectivity index (χ2v) is 6.23. The molecule has 3 rings (SSSR count). The first-order valence-corrected chi connectivity index (χ1v) is 8.52. The second kappa shape index (κ2) is 7.79. The zero-order chi connectivity index (χ0) is 17.6. The fraction of sp³-hybridized carbons (Fsp3) is 0.316. The molecule has 2 N–H and O–H groups in total. The molecule has 0 bridgehead atoms. The Labute approximate surface area is 146 Å². The van der Waals surface area contributed by atoms with Gasteiger partial charge in [0.1, 0.15) is 5.82 Å². The van der Waals surface area contributed by atoms with Gasteiger partial charge in [-0.05, 0) is 36.6 Å². The van der Waals surface area contributed by atoms with E-state index in [-0.39, 0.29) is 11.8 Å². The highest BCUT2D eigenvalue weighted by Crippen LogP contribution is 2.31. The van der Waals surface area contributed by atoms with Gasteiger partial charge in [-0.1, -0.05) is 25.0 Å². The molecule has 1 saturated carbocycles. The van der Waals surface area contributed by atoms with Crippen molar-refractivity contribution in [2.45, 2.75) is 38.6 Å². The van der Waals surface area contributed by atoms with E-state index in [4.69, 9.17) is 0 Å². The minimum atomic E-state index is -0.189. The maximum Gasteiger partial charge on any atom is 0.249 e. The van der Waals surface area contributed by atoms with Crippen molar-refractivity contribution in [1.29, 1.82) is 0 Å². The first-order chi connectivity index (χ1) is 12.1. The number of hydrogen-bond acceptors (Lipinski definition) is 3. The highest BCUT2D eigenvalue weighted by atomic mass is 16.2. The number of rotatable bonds is 5. The lowest BCUT2D eigenvalue weighted by Gasteiger charge is -2.13. The molecule has 0 spiro atoms. The van der Waals surface area contributed by atoms with Crippen LogP contribution in [0.4, 0.5) is 11.5 Å². The molecule has 1 aliphatic carbocycles. The molecule has 1 heterocycles. The Morgan fingerprint density at radius 2 is 1.84 bits per heavy atom. The van der Waals surface area contributed by atoms with Gasteiger partial charge in [0, 0.05) is 24.8 Å². The van der Waals surface area contributed by atoms with Crippen LogP contribution in [0.25, 0.3) is 6.08 Å². The van der Waals surface area contributed by atoms with Crippen LogP contribution in [0, 0.1) is 0 Å². The fourth-order valence-corrected chi connectivity index (χ4v) is 3.07. The van der Waals surface area contributed by atoms with Crippen molar-refractivity contribution < 1.29 is 9.59 Å². The second-order valence-electron chi connectivity index (χ2n) is 6.23. The highest BCUT2D eigenvalue weighted by molar-refractivity contribution is 6.01. The topological polar surface area (TPSA) is 76.0 Å². The molecular formula is C19H22N4O2. The third-order valence-corrected chi connectivity index (χ3v) is 4.25. The van der Waals surface area contributed by atoms with Crippen LogP contribution in [0.15, 0.2) is 42.6 Å². The summed E-state index contributed by atoms with van der Waals surface area (Å²) in [7, 11) is 0. The molecular weight excluding hydrogens is 316 g/mol. The Morgan fingerprint density at radius 3 is 2.52 bits per heavy atom. The summed E-state index contributed by atoms with van der Waals surface area (Å²) in [6.07, 6.45) is 9.61. The largest absolute Gasteiger partial charge is 0.326 e. The third kappa shape index (κ3) is 4.56. The quantitative estimate of drug-likeness (QED) is 0.818. The molecule has 2 aromatic rings. The molecule has 1 fully saturated rings. The Hall–Kier alpha value is -2.89. The van der Waals surface area contributed by atoms with E-state index in [2.05, 4.69) is 15.7 Å². The van der Waals surface area contributed by atoms with Gasteiger partial charge in [-0.2, -0.15) is 5.10 Å². The van der Waals surface area contributed by atoms with Crippen LogP contribution in [0.1, 0.15) is 44.2 Å². The van der Waals surface area contributed by atoms with Gasteiger partial charge in [-0.15, -0.1) is 0 Å². The summed E-state index contributed by atoms with van der Waals surface area (Å²) in [6.45, 7) is 1.47. The molecule has 0 radical (unpaired) electrons. The van der Waals surface area contributed by atoms with Crippen LogP contribution in [0.3, 0.4) is 0 Å². The van der Waals surface area contributed by atoms with E-state index >= 15 is 0 Å². The number of benzene rings is 1. The van der Waals surface area contributed by atoms with E-state index in [0.29, 0.717) is 6.04 Å². The van der Waals surface area contributed by atoms with Crippen molar-refractivity contribution in [2.24, 2.45) is 0 Å². The number of nitrogens with zero attached hydrogens (tertiary/aromatic N) is 2. The summed E-state index contributed by atoms with van der Waals surface area (Å²) in [5.41, 5.74) is 1.61. The van der Waals surface area contributed by atoms with E-state index in [1.165, 1.54) is 25.8 Å². The van der Waals surface area contributed by atoms with Gasteiger partial charge >= 0.3 is 0 Å². The lowest BCUT2D eigenvalue weighted by Crippen LogP contribution is -2.15. The van der Waals surface area contributed by atoms with Gasteiger partial charge in [0.05, 0.1) is 12.2 Å². The van der Waals surface area contributed by atoms with Gasteiger partial charge in [0.15, 0.2) is 0 Å². The average Bonchev–Trinajstić information content (AvgIpc) is 3.24. The zero-order valence-corrected chi connectivity index (χ0v) is 14.2. The number of anilines is 2. The number of amides is 2. The third-order valence-electron chi connectivity index (χ3n) is 4.25. The van der Waals surface area contributed by atoms with Crippen LogP contribution in [0.2, 0.25) is 0 Å². The molecule has 6 heteroatoms. The molecule has 130 valence electrons. The van der Waals surface area contributed by atoms with Crippen molar-refractivity contribution in [1.82, 2.24) is 9.78 Å². The van der Waals surface area contributed by atoms with Crippen LogP contribution in [0.5, 0.6) is 0 Å². The maximum atomic E-state index is 12.2. The molecule has 1 aliphatic rings. The van der Waals surface area contributed by atoms with E-state index in [1.54, 1.807) is 24.4 Å². The number of carbonyl (C=O) groups is 2. The lowest BCUT2D eigenvalue weighted by molar-refractivity contribution is -0.114. The standard InChI is InChI=1S/C19H22N4O2/c1-14(24)21-16-9-6-15(7-10-16)8-11-19(25)22-18-12-13-20-23(18)17-4-2-3-5-17/h6-13,17H,2-5H2,1H3,(H,21,24)(H,22,25)/b11-8+. The molecule has 1 aromatic heterocycles. The molecule has 0 saturated heterocycles. The van der Waals surface area contributed by atoms with Crippen LogP contribution >= 0.6 is 0 Å². The first-order valence-electron chi connectivity index (χ1n) is 8.52. The van der Waals surface area contributed by atoms with Crippen LogP contribution in [-0.4, -0.2) is 21.6 Å². The van der Waals surface area contributed by atoms with Crippen molar-refractivity contribution in [3.8, 4) is 0 Å². The average molecular weight is 338 g/mol. The molecule has 0 unspecified atom stereocenters. The van der Waals surface area contributed by atoms with Gasteiger partial charge in [-0.3, -0.25) is 9.59 Å². The Morgan fingerprint density at radius 1 is 1.12 bits per heavy atom. The number of hydrogen-bond donors (Lipinski definition) is 2. The molecule has 0 atom stereocenters. The molecule has 1 aromatic carbocycles. The van der Waals surface area contributed by atoms with Crippen LogP contribution in [-0.2, 0) is 9.59 Å². The van der Waals surface area contributed by atoms with E-state index in [0.717, 1.165) is 29.9 Å². The summed E-state index contributed by atoms with van der Waals surface area (Å²) < 4.78 is 1.92. The summed E-state index contributed by atoms with van der Waals surface area (Å²) in [6, 6.07) is 9.50. The SMILES string of the molecule is CC(=O)Nc1ccc(/C=C/C(=O)Nc2ccnn2C2CCCC2)cc1. The molecule has 2 amide bonds. The minimum absolute atomic E-state index is 0.110. The number of carbonyl (C=O) groups excluding carboxylic acids is 2. The smallest absolute Gasteiger partial charge is 0.249 e. The monoisotopic (exact) mass is 338 g/mol. The summed E-state index contributed by atoms with van der Waals surface area (Å²) in [5.74, 6) is 0.440. The molecule has 6 nitrogen and oxygen atoms in total. The van der Waals surface area contributed by atoms with Gasteiger partial charge < -0.3 is 10.6 Å². The summed E-state index contributed by atoms with van der Waals surface area (Å²) >= 11 is 0. The summed E-state index contributed by atoms with van der Waals surface area (Å²) in [4.78, 5) is 23.2. The van der Waals surface area contributed by atoms with E-state index in [1.807, 2.05) is 22.9 Å². The van der Waals surface area contributed by atoms with E-state index in [9.17, 15) is 9.59 Å². The van der Waals surface area contributed by atoms with Crippen molar-refractivity contribution >= 4 is 29.4 Å². The highest BCUT2D eigenvalue weighted by Gasteiger charge is 2.20. The number of nitrogens with one attached hydrogen (secondary N) is 2. The zero-order valence-electron chi connectivity index (χ0n) is 14.2. The maximum absolute atomic E-state index is 12.2. The van der Waals surface area contributed by atoms with Gasteiger partial charge in [-0.25, -0.2) is 4.68 Å². The van der Waals surface area contributed by atoms with E-state index < -0.39 is 0 Å². The molecule has 0 aliphatic heterocycles. The van der Waals surface area contributed by atoms with Gasteiger partial charge in [0.25, 0.3) is 0 Å². The fourth-order valence-electron chi connectivity index (χ4n) is 3.07. The van der Waals surface area contributed by atoms with Gasteiger partial charge in [0.2, 0.25) is 11.8 Å². The van der Waals surface area contributed by atoms with Crippen LogP contribution < -0.4 is 10.6 Å². The lowest BCUT2D eigenvalue weighted by atomic mass is 10.2. The summed E-state index contributed by atoms with van der Waals surface area (Å²) in [5, 5.41) is 9.95. The Bertz CT molecular complexity index is 771. The van der Waals surface area contributed by atoms with Crippen molar-refractivity contribution in [2.75, 3.05) is 10.6 Å². The minimum Gasteiger partial charge on any atom is -0.326 e. The Balaban J connectivity index is 1.60. The first kappa shape index (κ1) is 17.0. The molecule has 25 heavy (non-hydrogen) atoms.